The van der Waals surface area contributed by atoms with Crippen LogP contribution in [0.4, 0.5) is 33.3 Å². The number of rotatable bonds is 4. The fraction of sp³-hybridized carbons (Fsp3) is 0.400. The maximum Gasteiger partial charge on any atom is 0.417 e. The first-order valence-corrected chi connectivity index (χ1v) is 12.0. The number of aromatic nitrogens is 1. The quantitative estimate of drug-likeness (QED) is 0.530. The van der Waals surface area contributed by atoms with Gasteiger partial charge in [-0.15, -0.1) is 0 Å². The van der Waals surface area contributed by atoms with E-state index in [0.29, 0.717) is 6.07 Å². The molecule has 2 N–H and O–H groups in total. The summed E-state index contributed by atoms with van der Waals surface area (Å²) in [7, 11) is -3.18. The van der Waals surface area contributed by atoms with Crippen LogP contribution in [0.15, 0.2) is 35.5 Å². The molecule has 33 heavy (non-hydrogen) atoms. The van der Waals surface area contributed by atoms with E-state index in [2.05, 4.69) is 10.3 Å². The SMILES string of the molecule is C[C@@H]1CN(c2cc(C(F)(F)F)c(Cl)cc2C(=O)Nc2ccnc([S@](C)(=N)=O)c2)CCC1(F)F. The van der Waals surface area contributed by atoms with Crippen LogP contribution in [0.5, 0.6) is 0 Å². The second kappa shape index (κ2) is 8.71. The summed E-state index contributed by atoms with van der Waals surface area (Å²) in [4.78, 5) is 18.1. The molecule has 0 radical (unpaired) electrons. The minimum Gasteiger partial charge on any atom is -0.370 e. The summed E-state index contributed by atoms with van der Waals surface area (Å²) in [5.74, 6) is -4.98. The summed E-state index contributed by atoms with van der Waals surface area (Å²) in [5, 5.41) is 1.64. The Bertz CT molecular complexity index is 1190. The van der Waals surface area contributed by atoms with Crippen LogP contribution in [-0.4, -0.2) is 40.4 Å². The summed E-state index contributed by atoms with van der Waals surface area (Å²) in [6.07, 6.45) is -3.04. The number of hydrogen-bond donors (Lipinski definition) is 2. The van der Waals surface area contributed by atoms with Crippen LogP contribution < -0.4 is 10.2 Å². The number of anilines is 2. The molecule has 6 nitrogen and oxygen atoms in total. The predicted molar refractivity (Wildman–Crippen MR) is 115 cm³/mol. The molecule has 13 heteroatoms. The van der Waals surface area contributed by atoms with Crippen LogP contribution in [0.1, 0.15) is 29.3 Å². The number of carbonyl (C=O) groups excluding carboxylic acids is 1. The van der Waals surface area contributed by atoms with E-state index in [1.165, 1.54) is 30.2 Å². The van der Waals surface area contributed by atoms with Gasteiger partial charge in [-0.1, -0.05) is 18.5 Å². The van der Waals surface area contributed by atoms with Gasteiger partial charge in [0.15, 0.2) is 0 Å². The first kappa shape index (κ1) is 25.2. The Morgan fingerprint density at radius 1 is 1.33 bits per heavy atom. The molecule has 1 aromatic carbocycles. The average molecular weight is 511 g/mol. The molecule has 0 unspecified atom stereocenters. The van der Waals surface area contributed by atoms with Gasteiger partial charge < -0.3 is 10.2 Å². The third-order valence-corrected chi connectivity index (χ3v) is 6.63. The number of alkyl halides is 5. The van der Waals surface area contributed by atoms with Crippen molar-refractivity contribution in [3.05, 3.63) is 46.6 Å². The predicted octanol–water partition coefficient (Wildman–Crippen LogP) is 5.52. The number of amides is 1. The van der Waals surface area contributed by atoms with E-state index in [9.17, 15) is 31.0 Å². The lowest BCUT2D eigenvalue weighted by Gasteiger charge is -2.39. The number of halogens is 6. The van der Waals surface area contributed by atoms with Crippen LogP contribution in [-0.2, 0) is 15.9 Å². The zero-order valence-corrected chi connectivity index (χ0v) is 19.0. The Hall–Kier alpha value is -2.47. The van der Waals surface area contributed by atoms with Crippen molar-refractivity contribution >= 4 is 38.6 Å². The van der Waals surface area contributed by atoms with Crippen molar-refractivity contribution in [3.8, 4) is 0 Å². The maximum absolute atomic E-state index is 13.9. The first-order chi connectivity index (χ1) is 15.1. The van der Waals surface area contributed by atoms with Gasteiger partial charge >= 0.3 is 6.18 Å². The van der Waals surface area contributed by atoms with Gasteiger partial charge in [-0.25, -0.2) is 22.8 Å². The van der Waals surface area contributed by atoms with Crippen LogP contribution in [0.25, 0.3) is 0 Å². The highest BCUT2D eigenvalue weighted by molar-refractivity contribution is 7.91. The van der Waals surface area contributed by atoms with Crippen molar-refractivity contribution in [1.82, 2.24) is 4.98 Å². The summed E-state index contributed by atoms with van der Waals surface area (Å²) < 4.78 is 87.8. The number of pyridine rings is 1. The lowest BCUT2D eigenvalue weighted by Crippen LogP contribution is -2.46. The van der Waals surface area contributed by atoms with Gasteiger partial charge in [0.25, 0.3) is 11.8 Å². The number of carbonyl (C=O) groups is 1. The highest BCUT2D eigenvalue weighted by Crippen LogP contribution is 2.41. The molecule has 1 aliphatic heterocycles. The molecule has 2 aromatic rings. The van der Waals surface area contributed by atoms with Gasteiger partial charge in [0.1, 0.15) is 5.03 Å². The monoisotopic (exact) mass is 510 g/mol. The van der Waals surface area contributed by atoms with Crippen LogP contribution in [0.2, 0.25) is 5.02 Å². The highest BCUT2D eigenvalue weighted by Gasteiger charge is 2.42. The molecular formula is C20H20ClF5N4O2S. The minimum atomic E-state index is -4.82. The molecule has 0 bridgehead atoms. The van der Waals surface area contributed by atoms with Gasteiger partial charge in [-0.05, 0) is 24.3 Å². The lowest BCUT2D eigenvalue weighted by molar-refractivity contribution is -0.137. The Morgan fingerprint density at radius 3 is 2.58 bits per heavy atom. The van der Waals surface area contributed by atoms with Gasteiger partial charge in [-0.2, -0.15) is 13.2 Å². The third kappa shape index (κ3) is 5.55. The van der Waals surface area contributed by atoms with Crippen molar-refractivity contribution in [2.24, 2.45) is 5.92 Å². The van der Waals surface area contributed by atoms with Gasteiger partial charge in [-0.3, -0.25) is 4.79 Å². The van der Waals surface area contributed by atoms with E-state index in [-0.39, 0.29) is 35.1 Å². The molecule has 180 valence electrons. The number of piperidine rings is 1. The molecular weight excluding hydrogens is 491 g/mol. The van der Waals surface area contributed by atoms with Gasteiger partial charge in [0.05, 0.1) is 31.6 Å². The topological polar surface area (TPSA) is 86.2 Å². The normalized spacial score (nSPS) is 20.2. The summed E-state index contributed by atoms with van der Waals surface area (Å²) in [5.41, 5.74) is -1.51. The lowest BCUT2D eigenvalue weighted by atomic mass is 9.94. The highest BCUT2D eigenvalue weighted by atomic mass is 35.5. The summed E-state index contributed by atoms with van der Waals surface area (Å²) in [6, 6.07) is 4.10. The van der Waals surface area contributed by atoms with Crippen molar-refractivity contribution in [1.29, 1.82) is 4.78 Å². The van der Waals surface area contributed by atoms with E-state index < -0.39 is 50.7 Å². The molecule has 1 amide bonds. The Labute approximate surface area is 192 Å². The van der Waals surface area contributed by atoms with Crippen molar-refractivity contribution in [2.75, 3.05) is 29.6 Å². The molecule has 1 aromatic heterocycles. The fourth-order valence-corrected chi connectivity index (χ4v) is 4.31. The molecule has 1 saturated heterocycles. The number of benzene rings is 1. The maximum atomic E-state index is 13.9. The molecule has 0 spiro atoms. The summed E-state index contributed by atoms with van der Waals surface area (Å²) in [6.45, 7) is 0.767. The fourth-order valence-electron chi connectivity index (χ4n) is 3.43. The van der Waals surface area contributed by atoms with E-state index in [0.717, 1.165) is 12.3 Å². The van der Waals surface area contributed by atoms with E-state index >= 15 is 0 Å². The zero-order chi connectivity index (χ0) is 24.8. The average Bonchev–Trinajstić information content (AvgIpc) is 2.68. The third-order valence-electron chi connectivity index (χ3n) is 5.30. The van der Waals surface area contributed by atoms with E-state index in [4.69, 9.17) is 16.4 Å². The van der Waals surface area contributed by atoms with Crippen molar-refractivity contribution in [3.63, 3.8) is 0 Å². The summed E-state index contributed by atoms with van der Waals surface area (Å²) >= 11 is 5.82. The Balaban J connectivity index is 2.04. The number of hydrogen-bond acceptors (Lipinski definition) is 5. The van der Waals surface area contributed by atoms with E-state index in [1.54, 1.807) is 0 Å². The second-order valence-corrected chi connectivity index (χ2v) is 10.4. The molecule has 1 aliphatic rings. The van der Waals surface area contributed by atoms with Crippen molar-refractivity contribution in [2.45, 2.75) is 30.5 Å². The zero-order valence-electron chi connectivity index (χ0n) is 17.5. The van der Waals surface area contributed by atoms with Crippen LogP contribution >= 0.6 is 11.6 Å². The van der Waals surface area contributed by atoms with Crippen molar-refractivity contribution < 1.29 is 31.0 Å². The van der Waals surface area contributed by atoms with Gasteiger partial charge in [0.2, 0.25) is 0 Å². The molecule has 0 saturated carbocycles. The second-order valence-electron chi connectivity index (χ2n) is 7.89. The van der Waals surface area contributed by atoms with E-state index in [1.807, 2.05) is 0 Å². The first-order valence-electron chi connectivity index (χ1n) is 9.64. The van der Waals surface area contributed by atoms with Crippen LogP contribution in [0.3, 0.4) is 0 Å². The molecule has 2 heterocycles. The minimum absolute atomic E-state index is 0.0990. The number of nitrogens with one attached hydrogen (secondary N) is 2. The smallest absolute Gasteiger partial charge is 0.370 e. The molecule has 1 fully saturated rings. The largest absolute Gasteiger partial charge is 0.417 e. The molecule has 3 rings (SSSR count). The molecule has 0 aliphatic carbocycles. The number of nitrogens with zero attached hydrogens (tertiary/aromatic N) is 2. The van der Waals surface area contributed by atoms with Crippen LogP contribution in [0, 0.1) is 10.7 Å². The standard InChI is InChI=1S/C20H20ClF5N4O2S/c1-11-10-30(6-4-19(11,22)23)16-9-14(20(24,25)26)15(21)8-13(16)18(31)29-12-3-5-28-17(7-12)33(2,27)32/h3,5,7-9,11,27H,4,6,10H2,1-2H3,(H,28,29,31)/t11-,33-/m1/s1. The van der Waals surface area contributed by atoms with Gasteiger partial charge in [0, 0.05) is 43.6 Å². The Kier molecular flexibility index (Phi) is 6.64. The Morgan fingerprint density at radius 2 is 2.00 bits per heavy atom. The molecule has 2 atom stereocenters.